The van der Waals surface area contributed by atoms with Gasteiger partial charge in [-0.25, -0.2) is 4.79 Å². The third kappa shape index (κ3) is 3.01. The van der Waals surface area contributed by atoms with E-state index in [1.165, 1.54) is 5.56 Å². The van der Waals surface area contributed by atoms with Crippen LogP contribution in [0.2, 0.25) is 0 Å². The van der Waals surface area contributed by atoms with E-state index in [1.807, 2.05) is 18.2 Å². The number of rotatable bonds is 4. The summed E-state index contributed by atoms with van der Waals surface area (Å²) < 4.78 is 2.19. The molecule has 3 aromatic rings. The first-order chi connectivity index (χ1) is 10.1. The summed E-state index contributed by atoms with van der Waals surface area (Å²) in [5, 5.41) is 3.49. The Labute approximate surface area is 142 Å². The normalized spacial score (nSPS) is 12.9. The second kappa shape index (κ2) is 6.08. The highest BCUT2D eigenvalue weighted by Gasteiger charge is 2.19. The second-order valence-corrected chi connectivity index (χ2v) is 8.40. The van der Waals surface area contributed by atoms with Crippen molar-refractivity contribution in [1.29, 1.82) is 0 Å². The minimum absolute atomic E-state index is 0.0785. The molecule has 3 N–H and O–H groups in total. The SMILES string of the molecule is CCNC(c1ccc2[nH]c(=O)[nH]c2c1)c1cc(Br)sc1Br. The maximum Gasteiger partial charge on any atom is 0.323 e. The summed E-state index contributed by atoms with van der Waals surface area (Å²) in [6.07, 6.45) is 0. The van der Waals surface area contributed by atoms with Crippen LogP contribution in [-0.2, 0) is 0 Å². The monoisotopic (exact) mass is 429 g/mol. The topological polar surface area (TPSA) is 60.7 Å². The number of fused-ring (bicyclic) bond motifs is 1. The minimum Gasteiger partial charge on any atom is -0.306 e. The lowest BCUT2D eigenvalue weighted by atomic mass is 10.0. The Kier molecular flexibility index (Phi) is 4.35. The van der Waals surface area contributed by atoms with Gasteiger partial charge in [0.2, 0.25) is 0 Å². The van der Waals surface area contributed by atoms with E-state index in [1.54, 1.807) is 11.3 Å². The van der Waals surface area contributed by atoms with Crippen LogP contribution in [0.4, 0.5) is 0 Å². The lowest BCUT2D eigenvalue weighted by Crippen LogP contribution is -2.21. The van der Waals surface area contributed by atoms with Crippen molar-refractivity contribution < 1.29 is 0 Å². The first-order valence-corrected chi connectivity index (χ1v) is 8.88. The number of halogens is 2. The second-order valence-electron chi connectivity index (χ2n) is 4.65. The highest BCUT2D eigenvalue weighted by atomic mass is 79.9. The van der Waals surface area contributed by atoms with Crippen LogP contribution in [0.5, 0.6) is 0 Å². The van der Waals surface area contributed by atoms with Crippen LogP contribution in [0.25, 0.3) is 11.0 Å². The van der Waals surface area contributed by atoms with Gasteiger partial charge in [0, 0.05) is 0 Å². The van der Waals surface area contributed by atoms with Crippen molar-refractivity contribution in [3.05, 3.63) is 53.4 Å². The summed E-state index contributed by atoms with van der Waals surface area (Å²) in [6.45, 7) is 2.94. The summed E-state index contributed by atoms with van der Waals surface area (Å²) in [4.78, 5) is 17.0. The summed E-state index contributed by atoms with van der Waals surface area (Å²) in [5.41, 5.74) is 3.77. The fraction of sp³-hybridized carbons (Fsp3) is 0.214. The van der Waals surface area contributed by atoms with E-state index in [4.69, 9.17) is 0 Å². The molecule has 0 aliphatic heterocycles. The summed E-state index contributed by atoms with van der Waals surface area (Å²) >= 11 is 8.80. The maximum absolute atomic E-state index is 11.4. The van der Waals surface area contributed by atoms with Gasteiger partial charge in [-0.2, -0.15) is 0 Å². The van der Waals surface area contributed by atoms with Crippen LogP contribution in [0.3, 0.4) is 0 Å². The third-order valence-electron chi connectivity index (χ3n) is 3.28. The van der Waals surface area contributed by atoms with E-state index in [9.17, 15) is 4.79 Å². The zero-order valence-electron chi connectivity index (χ0n) is 11.2. The van der Waals surface area contributed by atoms with Gasteiger partial charge in [0.05, 0.1) is 24.6 Å². The van der Waals surface area contributed by atoms with Gasteiger partial charge in [-0.1, -0.05) is 13.0 Å². The fourth-order valence-electron chi connectivity index (χ4n) is 2.39. The molecule has 1 aromatic carbocycles. The average Bonchev–Trinajstić information content (AvgIpc) is 2.96. The molecule has 0 saturated heterocycles. The molecule has 0 spiro atoms. The molecule has 110 valence electrons. The standard InChI is InChI=1S/C14H13Br2N3OS/c1-2-17-12(8-6-11(15)21-13(8)16)7-3-4-9-10(5-7)19-14(20)18-9/h3-6,12,17H,2H2,1H3,(H2,18,19,20). The lowest BCUT2D eigenvalue weighted by Gasteiger charge is -2.18. The molecular weight excluding hydrogens is 418 g/mol. The van der Waals surface area contributed by atoms with Gasteiger partial charge >= 0.3 is 5.69 Å². The first-order valence-electron chi connectivity index (χ1n) is 6.48. The molecule has 0 aliphatic rings. The fourth-order valence-corrected chi connectivity index (χ4v) is 5.29. The summed E-state index contributed by atoms with van der Waals surface area (Å²) in [6, 6.07) is 8.18. The van der Waals surface area contributed by atoms with Crippen molar-refractivity contribution in [1.82, 2.24) is 15.3 Å². The Morgan fingerprint density at radius 2 is 2.00 bits per heavy atom. The predicted molar refractivity (Wildman–Crippen MR) is 94.2 cm³/mol. The molecule has 2 aromatic heterocycles. The minimum atomic E-state index is -0.179. The number of H-pyrrole nitrogens is 2. The van der Waals surface area contributed by atoms with E-state index < -0.39 is 0 Å². The molecular formula is C14H13Br2N3OS. The van der Waals surface area contributed by atoms with Crippen LogP contribution < -0.4 is 11.0 Å². The van der Waals surface area contributed by atoms with Gasteiger partial charge in [0.1, 0.15) is 0 Å². The van der Waals surface area contributed by atoms with Crippen LogP contribution in [0, 0.1) is 0 Å². The van der Waals surface area contributed by atoms with Gasteiger partial charge in [-0.15, -0.1) is 11.3 Å². The largest absolute Gasteiger partial charge is 0.323 e. The number of aromatic amines is 2. The average molecular weight is 431 g/mol. The number of aromatic nitrogens is 2. The van der Waals surface area contributed by atoms with Gasteiger partial charge in [0.15, 0.2) is 0 Å². The number of hydrogen-bond acceptors (Lipinski definition) is 3. The van der Waals surface area contributed by atoms with Crippen molar-refractivity contribution in [2.24, 2.45) is 0 Å². The van der Waals surface area contributed by atoms with E-state index in [2.05, 4.69) is 60.1 Å². The van der Waals surface area contributed by atoms with E-state index >= 15 is 0 Å². The molecule has 4 nitrogen and oxygen atoms in total. The maximum atomic E-state index is 11.4. The molecule has 1 unspecified atom stereocenters. The summed E-state index contributed by atoms with van der Waals surface area (Å²) in [7, 11) is 0. The van der Waals surface area contributed by atoms with Crippen molar-refractivity contribution in [2.45, 2.75) is 13.0 Å². The van der Waals surface area contributed by atoms with Crippen molar-refractivity contribution in [3.8, 4) is 0 Å². The highest BCUT2D eigenvalue weighted by molar-refractivity contribution is 9.12. The smallest absolute Gasteiger partial charge is 0.306 e. The number of nitrogens with one attached hydrogen (secondary N) is 3. The van der Waals surface area contributed by atoms with Gasteiger partial charge in [-0.05, 0) is 67.7 Å². The molecule has 0 amide bonds. The van der Waals surface area contributed by atoms with E-state index in [-0.39, 0.29) is 11.7 Å². The van der Waals surface area contributed by atoms with E-state index in [0.29, 0.717) is 0 Å². The Hall–Kier alpha value is -0.890. The van der Waals surface area contributed by atoms with Crippen LogP contribution in [0.1, 0.15) is 24.1 Å². The van der Waals surface area contributed by atoms with Gasteiger partial charge < -0.3 is 15.3 Å². The lowest BCUT2D eigenvalue weighted by molar-refractivity contribution is 0.631. The molecule has 0 aliphatic carbocycles. The summed E-state index contributed by atoms with van der Waals surface area (Å²) in [5.74, 6) is 0. The third-order valence-corrected chi connectivity index (χ3v) is 5.66. The van der Waals surface area contributed by atoms with Crippen molar-refractivity contribution in [2.75, 3.05) is 6.54 Å². The highest BCUT2D eigenvalue weighted by Crippen LogP contribution is 2.38. The molecule has 21 heavy (non-hydrogen) atoms. The van der Waals surface area contributed by atoms with Crippen LogP contribution in [-0.4, -0.2) is 16.5 Å². The molecule has 0 fully saturated rings. The van der Waals surface area contributed by atoms with Crippen molar-refractivity contribution in [3.63, 3.8) is 0 Å². The molecule has 1 atom stereocenters. The van der Waals surface area contributed by atoms with Crippen LogP contribution >= 0.6 is 43.2 Å². The zero-order valence-corrected chi connectivity index (χ0v) is 15.2. The Morgan fingerprint density at radius 1 is 1.24 bits per heavy atom. The molecule has 0 radical (unpaired) electrons. The van der Waals surface area contributed by atoms with Gasteiger partial charge in [-0.3, -0.25) is 0 Å². The number of thiophene rings is 1. The Bertz CT molecular complexity index is 836. The van der Waals surface area contributed by atoms with Gasteiger partial charge in [0.25, 0.3) is 0 Å². The predicted octanol–water partition coefficient (Wildman–Crippen LogP) is 4.14. The quantitative estimate of drug-likeness (QED) is 0.582. The molecule has 3 rings (SSSR count). The molecule has 0 bridgehead atoms. The number of benzene rings is 1. The Morgan fingerprint density at radius 3 is 2.67 bits per heavy atom. The molecule has 7 heteroatoms. The zero-order chi connectivity index (χ0) is 15.0. The Balaban J connectivity index is 2.10. The molecule has 0 saturated carbocycles. The van der Waals surface area contributed by atoms with E-state index in [0.717, 1.165) is 30.7 Å². The molecule has 2 heterocycles. The first kappa shape index (κ1) is 15.0. The van der Waals surface area contributed by atoms with Crippen LogP contribution in [0.15, 0.2) is 36.6 Å². The number of hydrogen-bond donors (Lipinski definition) is 3. The van der Waals surface area contributed by atoms with Crippen molar-refractivity contribution >= 4 is 54.2 Å². The number of imidazole rings is 1.